The van der Waals surface area contributed by atoms with Gasteiger partial charge in [0.1, 0.15) is 0 Å². The monoisotopic (exact) mass is 834 g/mol. The van der Waals surface area contributed by atoms with Gasteiger partial charge in [0, 0.05) is 67.5 Å². The van der Waals surface area contributed by atoms with Crippen LogP contribution in [0.3, 0.4) is 0 Å². The van der Waals surface area contributed by atoms with E-state index in [4.69, 9.17) is 0 Å². The second kappa shape index (κ2) is 13.8. The SMILES string of the molecule is CC12C=CC=CC1c1ccccc1N2c1ccc2c3ccccc3n(-c3ccc(-c4ccc(N5C6=C(CCC(n7c8ccccc8c8ccccc87)=C6)C6C=CC=CC65)cc4)cc3)c2c1. The molecular formula is C61H46N4. The van der Waals surface area contributed by atoms with E-state index in [2.05, 4.69) is 244 Å². The Balaban J connectivity index is 0.817. The Kier molecular flexibility index (Phi) is 7.80. The van der Waals surface area contributed by atoms with Crippen molar-refractivity contribution in [1.82, 2.24) is 9.13 Å². The number of hydrogen-bond donors (Lipinski definition) is 0. The van der Waals surface area contributed by atoms with Gasteiger partial charge in [-0.25, -0.2) is 0 Å². The van der Waals surface area contributed by atoms with Gasteiger partial charge in [-0.15, -0.1) is 0 Å². The summed E-state index contributed by atoms with van der Waals surface area (Å²) < 4.78 is 4.96. The molecule has 4 nitrogen and oxygen atoms in total. The predicted octanol–water partition coefficient (Wildman–Crippen LogP) is 15.2. The minimum atomic E-state index is -0.191. The zero-order valence-corrected chi connectivity index (χ0v) is 36.2. The lowest BCUT2D eigenvalue weighted by Gasteiger charge is -2.39. The van der Waals surface area contributed by atoms with Crippen LogP contribution in [-0.2, 0) is 0 Å². The lowest BCUT2D eigenvalue weighted by atomic mass is 9.80. The molecule has 2 aliphatic heterocycles. The van der Waals surface area contributed by atoms with Crippen molar-refractivity contribution in [3.63, 3.8) is 0 Å². The highest BCUT2D eigenvalue weighted by Crippen LogP contribution is 2.54. The molecule has 310 valence electrons. The molecule has 5 aliphatic rings. The summed E-state index contributed by atoms with van der Waals surface area (Å²) in [6.45, 7) is 2.38. The lowest BCUT2D eigenvalue weighted by molar-refractivity contribution is 0.542. The number of allylic oxidation sites excluding steroid dienone is 6. The highest BCUT2D eigenvalue weighted by molar-refractivity contribution is 6.11. The van der Waals surface area contributed by atoms with Gasteiger partial charge < -0.3 is 18.9 Å². The fourth-order valence-electron chi connectivity index (χ4n) is 12.3. The molecule has 0 spiro atoms. The van der Waals surface area contributed by atoms with E-state index in [0.29, 0.717) is 11.8 Å². The van der Waals surface area contributed by atoms with E-state index in [1.807, 2.05) is 0 Å². The van der Waals surface area contributed by atoms with E-state index >= 15 is 0 Å². The molecule has 0 radical (unpaired) electrons. The Morgan fingerprint density at radius 3 is 1.80 bits per heavy atom. The van der Waals surface area contributed by atoms with Crippen molar-refractivity contribution in [1.29, 1.82) is 0 Å². The van der Waals surface area contributed by atoms with Crippen molar-refractivity contribution in [2.75, 3.05) is 9.80 Å². The largest absolute Gasteiger partial charge is 0.334 e. The third-order valence-corrected chi connectivity index (χ3v) is 15.2. The average molecular weight is 835 g/mol. The Labute approximate surface area is 379 Å². The number of hydrogen-bond acceptors (Lipinski definition) is 2. The molecule has 0 amide bonds. The second-order valence-corrected chi connectivity index (χ2v) is 18.6. The van der Waals surface area contributed by atoms with Gasteiger partial charge in [0.05, 0.1) is 33.6 Å². The van der Waals surface area contributed by atoms with Crippen LogP contribution in [0.15, 0.2) is 230 Å². The summed E-state index contributed by atoms with van der Waals surface area (Å²) in [5.41, 5.74) is 17.7. The standard InChI is InChI=1S/C61H46N4/c1-61-37-13-12-19-53(61)52-18-6-11-24-58(52)65(61)45-34-36-51-49-17-5-8-21-55(49)63(60(51)39-45)43-31-27-41(28-32-43)40-25-29-42(30-26-40)62-54-20-7-4-16-48(54)50-35-33-44(38-59(50)62)64-56-22-9-2-14-46(56)47-15-3-10-23-57(47)64/h2-32,34,36-39,48,53-54H,33,35H2,1H3. The Hall–Kier alpha value is -7.82. The molecule has 14 rings (SSSR count). The molecule has 4 atom stereocenters. The van der Waals surface area contributed by atoms with Crippen molar-refractivity contribution < 1.29 is 0 Å². The maximum absolute atomic E-state index is 2.60. The number of para-hydroxylation sites is 4. The maximum Gasteiger partial charge on any atom is 0.0712 e. The third-order valence-electron chi connectivity index (χ3n) is 15.2. The van der Waals surface area contributed by atoms with Crippen LogP contribution in [0.25, 0.3) is 66.1 Å². The van der Waals surface area contributed by atoms with E-state index in [9.17, 15) is 0 Å². The average Bonchev–Trinajstić information content (AvgIpc) is 4.07. The number of aromatic nitrogens is 2. The van der Waals surface area contributed by atoms with Crippen LogP contribution in [0.2, 0.25) is 0 Å². The summed E-state index contributed by atoms with van der Waals surface area (Å²) in [4.78, 5) is 5.15. The van der Waals surface area contributed by atoms with Crippen LogP contribution in [0.1, 0.15) is 31.2 Å². The molecule has 0 saturated carbocycles. The predicted molar refractivity (Wildman–Crippen MR) is 272 cm³/mol. The maximum atomic E-state index is 2.60. The summed E-state index contributed by atoms with van der Waals surface area (Å²) in [6.07, 6.45) is 23.0. The van der Waals surface area contributed by atoms with Crippen LogP contribution in [-0.4, -0.2) is 20.7 Å². The smallest absolute Gasteiger partial charge is 0.0712 e. The first-order valence-corrected chi connectivity index (χ1v) is 23.2. The molecule has 9 aromatic rings. The fourth-order valence-corrected chi connectivity index (χ4v) is 12.3. The van der Waals surface area contributed by atoms with Crippen LogP contribution in [0, 0.1) is 5.92 Å². The van der Waals surface area contributed by atoms with Crippen molar-refractivity contribution in [2.24, 2.45) is 5.92 Å². The van der Waals surface area contributed by atoms with E-state index in [0.717, 1.165) is 18.5 Å². The van der Waals surface area contributed by atoms with Crippen molar-refractivity contribution in [2.45, 2.75) is 37.3 Å². The van der Waals surface area contributed by atoms with Gasteiger partial charge in [0.25, 0.3) is 0 Å². The molecule has 3 aliphatic carbocycles. The third kappa shape index (κ3) is 5.25. The van der Waals surface area contributed by atoms with Gasteiger partial charge in [0.15, 0.2) is 0 Å². The fraction of sp³-hybridized carbons (Fsp3) is 0.115. The number of benzene rings is 7. The molecule has 0 bridgehead atoms. The van der Waals surface area contributed by atoms with Gasteiger partial charge in [-0.2, -0.15) is 0 Å². The molecule has 0 N–H and O–H groups in total. The number of rotatable bonds is 5. The Bertz CT molecular complexity index is 3590. The summed E-state index contributed by atoms with van der Waals surface area (Å²) in [7, 11) is 0. The molecular weight excluding hydrogens is 789 g/mol. The lowest BCUT2D eigenvalue weighted by Crippen LogP contribution is -2.41. The van der Waals surface area contributed by atoms with Gasteiger partial charge in [-0.3, -0.25) is 0 Å². The first-order valence-electron chi connectivity index (χ1n) is 23.2. The minimum absolute atomic E-state index is 0.191. The van der Waals surface area contributed by atoms with Crippen LogP contribution in [0.4, 0.5) is 17.1 Å². The summed E-state index contributed by atoms with van der Waals surface area (Å²) in [6, 6.07) is 61.3. The second-order valence-electron chi connectivity index (χ2n) is 18.6. The molecule has 0 saturated heterocycles. The normalized spacial score (nSPS) is 21.7. The van der Waals surface area contributed by atoms with E-state index in [-0.39, 0.29) is 11.6 Å². The summed E-state index contributed by atoms with van der Waals surface area (Å²) >= 11 is 0. The van der Waals surface area contributed by atoms with Crippen molar-refractivity contribution in [3.05, 3.63) is 235 Å². The highest BCUT2D eigenvalue weighted by atomic mass is 15.2. The van der Waals surface area contributed by atoms with Crippen molar-refractivity contribution >= 4 is 66.4 Å². The first kappa shape index (κ1) is 36.6. The topological polar surface area (TPSA) is 16.3 Å². The number of anilines is 3. The molecule has 4 heteroatoms. The molecule has 2 aromatic heterocycles. The molecule has 65 heavy (non-hydrogen) atoms. The van der Waals surface area contributed by atoms with Gasteiger partial charge >= 0.3 is 0 Å². The zero-order chi connectivity index (χ0) is 42.8. The van der Waals surface area contributed by atoms with Crippen LogP contribution >= 0.6 is 0 Å². The van der Waals surface area contributed by atoms with Crippen LogP contribution in [0.5, 0.6) is 0 Å². The first-order chi connectivity index (χ1) is 32.1. The minimum Gasteiger partial charge on any atom is -0.334 e. The van der Waals surface area contributed by atoms with Gasteiger partial charge in [-0.1, -0.05) is 152 Å². The number of nitrogens with zero attached hydrogens (tertiary/aromatic N) is 4. The zero-order valence-electron chi connectivity index (χ0n) is 36.2. The molecule has 0 fully saturated rings. The van der Waals surface area contributed by atoms with Gasteiger partial charge in [-0.05, 0) is 109 Å². The van der Waals surface area contributed by atoms with Crippen molar-refractivity contribution in [3.8, 4) is 16.8 Å². The molecule has 7 aromatic carbocycles. The van der Waals surface area contributed by atoms with E-state index < -0.39 is 0 Å². The van der Waals surface area contributed by atoms with Gasteiger partial charge in [0.2, 0.25) is 0 Å². The van der Waals surface area contributed by atoms with E-state index in [1.54, 1.807) is 5.57 Å². The summed E-state index contributed by atoms with van der Waals surface area (Å²) in [5, 5.41) is 5.15. The quantitative estimate of drug-likeness (QED) is 0.172. The Morgan fingerprint density at radius 1 is 0.492 bits per heavy atom. The van der Waals surface area contributed by atoms with E-state index in [1.165, 1.54) is 88.8 Å². The van der Waals surface area contributed by atoms with Crippen LogP contribution < -0.4 is 9.80 Å². The number of fused-ring (bicyclic) bond motifs is 11. The summed E-state index contributed by atoms with van der Waals surface area (Å²) in [5.74, 6) is 0.673. The molecule has 4 unspecified atom stereocenters. The molecule has 4 heterocycles. The highest BCUT2D eigenvalue weighted by Gasteiger charge is 2.47. The Morgan fingerprint density at radius 2 is 1.08 bits per heavy atom.